The molecule has 7 aromatic carbocycles. The van der Waals surface area contributed by atoms with Crippen molar-refractivity contribution < 1.29 is 0 Å². The number of H-pyrrole nitrogens is 1. The minimum Gasteiger partial charge on any atom is -0.354 e. The highest BCUT2D eigenvalue weighted by molar-refractivity contribution is 6.89. The number of hydrogen-bond acceptors (Lipinski definition) is 0. The topological polar surface area (TPSA) is 20.7 Å². The Kier molecular flexibility index (Phi) is 8.16. The number of fused-ring (bicyclic) bond motifs is 8. The van der Waals surface area contributed by atoms with Gasteiger partial charge in [0.25, 0.3) is 0 Å². The Bertz CT molecular complexity index is 3240. The van der Waals surface area contributed by atoms with Crippen LogP contribution in [0, 0.1) is 0 Å². The normalized spacial score (nSPS) is 18.8. The van der Waals surface area contributed by atoms with Crippen molar-refractivity contribution >= 4 is 70.1 Å². The molecule has 4 unspecified atom stereocenters. The molecule has 0 saturated heterocycles. The standard InChI is InChI=1S/C56H56N2Si2/c1-32-34(3)51-53-43(30-47-45-28-38(22-24-49(45)57-55(47)51)36-16-14-20-41(26-36)59(5,6)7)33(2)35(4)52-54(53)44(32)31-48-46-29-39(37-17-15-21-42(27-37)60(8,9)10)23-25-50(46)58(56(48)52)40-18-12-11-13-19-40/h11-35,57H,1-10H3. The highest BCUT2D eigenvalue weighted by Gasteiger charge is 2.42. The van der Waals surface area contributed by atoms with Crippen LogP contribution in [-0.4, -0.2) is 25.7 Å². The smallest absolute Gasteiger partial charge is 0.0776 e. The van der Waals surface area contributed by atoms with Gasteiger partial charge in [0.15, 0.2) is 0 Å². The van der Waals surface area contributed by atoms with Crippen LogP contribution in [0.4, 0.5) is 0 Å². The van der Waals surface area contributed by atoms with Crippen LogP contribution in [0.15, 0.2) is 127 Å². The lowest BCUT2D eigenvalue weighted by Gasteiger charge is -2.41. The molecule has 0 amide bonds. The number of para-hydroxylation sites is 1. The van der Waals surface area contributed by atoms with E-state index in [1.807, 2.05) is 0 Å². The van der Waals surface area contributed by atoms with Gasteiger partial charge in [-0.15, -0.1) is 0 Å². The summed E-state index contributed by atoms with van der Waals surface area (Å²) in [5.74, 6) is 1.38. The molecule has 4 atom stereocenters. The fourth-order valence-electron chi connectivity index (χ4n) is 11.1. The van der Waals surface area contributed by atoms with E-state index in [0.29, 0.717) is 23.7 Å². The summed E-state index contributed by atoms with van der Waals surface area (Å²) in [6.45, 7) is 24.6. The van der Waals surface area contributed by atoms with Crippen LogP contribution in [0.2, 0.25) is 39.3 Å². The number of hydrogen-bond donors (Lipinski definition) is 1. The third kappa shape index (κ3) is 5.42. The first kappa shape index (κ1) is 37.6. The average Bonchev–Trinajstić information content (AvgIpc) is 3.78. The van der Waals surface area contributed by atoms with E-state index in [-0.39, 0.29) is 0 Å². The van der Waals surface area contributed by atoms with Crippen molar-refractivity contribution in [3.63, 3.8) is 0 Å². The molecular formula is C56H56N2Si2. The van der Waals surface area contributed by atoms with Gasteiger partial charge in [-0.05, 0) is 128 Å². The third-order valence-electron chi connectivity index (χ3n) is 14.9. The second kappa shape index (κ2) is 13.0. The van der Waals surface area contributed by atoms with Gasteiger partial charge in [0.1, 0.15) is 0 Å². The van der Waals surface area contributed by atoms with Gasteiger partial charge in [0.2, 0.25) is 0 Å². The predicted molar refractivity (Wildman–Crippen MR) is 266 cm³/mol. The molecule has 2 aliphatic carbocycles. The summed E-state index contributed by atoms with van der Waals surface area (Å²) < 4.78 is 2.60. The van der Waals surface area contributed by atoms with Gasteiger partial charge in [0, 0.05) is 32.7 Å². The molecule has 0 radical (unpaired) electrons. The van der Waals surface area contributed by atoms with Gasteiger partial charge in [-0.3, -0.25) is 0 Å². The molecule has 2 aromatic heterocycles. The number of aromatic amines is 1. The maximum absolute atomic E-state index is 4.03. The Balaban J connectivity index is 1.19. The third-order valence-corrected chi connectivity index (χ3v) is 19.0. The summed E-state index contributed by atoms with van der Waals surface area (Å²) in [6.07, 6.45) is 0. The van der Waals surface area contributed by atoms with Gasteiger partial charge < -0.3 is 9.55 Å². The van der Waals surface area contributed by atoms with Gasteiger partial charge in [0.05, 0.1) is 32.7 Å². The Hall–Kier alpha value is -5.43. The summed E-state index contributed by atoms with van der Waals surface area (Å²) in [7, 11) is -2.92. The molecule has 0 aliphatic heterocycles. The molecular weight excluding hydrogens is 757 g/mol. The largest absolute Gasteiger partial charge is 0.354 e. The quantitative estimate of drug-likeness (QED) is 0.167. The second-order valence-electron chi connectivity index (χ2n) is 20.4. The molecule has 2 aliphatic rings. The monoisotopic (exact) mass is 812 g/mol. The maximum atomic E-state index is 4.03. The van der Waals surface area contributed by atoms with E-state index in [1.54, 1.807) is 0 Å². The Morgan fingerprint density at radius 2 is 0.983 bits per heavy atom. The summed E-state index contributed by atoms with van der Waals surface area (Å²) >= 11 is 0. The second-order valence-corrected chi connectivity index (χ2v) is 30.6. The number of nitrogens with one attached hydrogen (secondary N) is 1. The summed E-state index contributed by atoms with van der Waals surface area (Å²) in [5.41, 5.74) is 20.7. The Labute approximate surface area is 357 Å². The van der Waals surface area contributed by atoms with Crippen LogP contribution in [0.3, 0.4) is 0 Å². The lowest BCUT2D eigenvalue weighted by Crippen LogP contribution is -2.37. The zero-order chi connectivity index (χ0) is 41.6. The van der Waals surface area contributed by atoms with E-state index in [2.05, 4.69) is 204 Å². The predicted octanol–water partition coefficient (Wildman–Crippen LogP) is 15.0. The molecule has 9 aromatic rings. The number of benzene rings is 7. The first-order valence-electron chi connectivity index (χ1n) is 22.2. The highest BCUT2D eigenvalue weighted by atomic mass is 28.3. The molecule has 11 rings (SSSR count). The van der Waals surface area contributed by atoms with Gasteiger partial charge >= 0.3 is 0 Å². The molecule has 60 heavy (non-hydrogen) atoms. The number of rotatable bonds is 5. The Morgan fingerprint density at radius 1 is 0.450 bits per heavy atom. The highest BCUT2D eigenvalue weighted by Crippen LogP contribution is 2.61. The number of aromatic nitrogens is 2. The first-order valence-corrected chi connectivity index (χ1v) is 29.2. The van der Waals surface area contributed by atoms with E-state index >= 15 is 0 Å². The fraction of sp³-hybridized carbons (Fsp3) is 0.250. The molecule has 0 fully saturated rings. The van der Waals surface area contributed by atoms with Crippen LogP contribution in [0.5, 0.6) is 0 Å². The molecule has 0 saturated carbocycles. The average molecular weight is 813 g/mol. The van der Waals surface area contributed by atoms with Crippen LogP contribution in [-0.2, 0) is 0 Å². The summed E-state index contributed by atoms with van der Waals surface area (Å²) in [6, 6.07) is 49.4. The lowest BCUT2D eigenvalue weighted by molar-refractivity contribution is 0.585. The van der Waals surface area contributed by atoms with Crippen LogP contribution >= 0.6 is 0 Å². The summed E-state index contributed by atoms with van der Waals surface area (Å²) in [4.78, 5) is 4.03. The minimum absolute atomic E-state index is 0.325. The molecule has 2 nitrogen and oxygen atoms in total. The van der Waals surface area contributed by atoms with Crippen LogP contribution < -0.4 is 10.4 Å². The minimum atomic E-state index is -1.47. The van der Waals surface area contributed by atoms with Gasteiger partial charge in [-0.1, -0.05) is 156 Å². The first-order chi connectivity index (χ1) is 28.7. The zero-order valence-electron chi connectivity index (χ0n) is 36.9. The van der Waals surface area contributed by atoms with E-state index in [9.17, 15) is 0 Å². The molecule has 0 bridgehead atoms. The van der Waals surface area contributed by atoms with Crippen molar-refractivity contribution in [3.8, 4) is 39.1 Å². The van der Waals surface area contributed by atoms with Crippen molar-refractivity contribution in [2.75, 3.05) is 0 Å². The van der Waals surface area contributed by atoms with Crippen molar-refractivity contribution in [3.05, 3.63) is 150 Å². The molecule has 1 N–H and O–H groups in total. The van der Waals surface area contributed by atoms with Gasteiger partial charge in [-0.25, -0.2) is 0 Å². The van der Waals surface area contributed by atoms with Gasteiger partial charge in [-0.2, -0.15) is 0 Å². The summed E-state index contributed by atoms with van der Waals surface area (Å²) in [5, 5.41) is 8.44. The van der Waals surface area contributed by atoms with Crippen molar-refractivity contribution in [2.45, 2.75) is 90.6 Å². The van der Waals surface area contributed by atoms with E-state index in [4.69, 9.17) is 0 Å². The van der Waals surface area contributed by atoms with Crippen LogP contribution in [0.25, 0.3) is 82.7 Å². The molecule has 298 valence electrons. The number of nitrogens with zero attached hydrogens (tertiary/aromatic N) is 1. The van der Waals surface area contributed by atoms with Crippen LogP contribution in [0.1, 0.15) is 73.6 Å². The fourth-order valence-corrected chi connectivity index (χ4v) is 13.4. The SMILES string of the molecule is CC1c2cc3c4cc(-c5cccc([Si](C)(C)C)c5)ccc4n(-c4ccccc4)c3c3c2-c2c(cc4c([nH]c5ccc(-c6cccc([Si](C)(C)C)c6)cc54)c2C1C)C(C)C3C. The molecule has 0 spiro atoms. The zero-order valence-corrected chi connectivity index (χ0v) is 38.9. The van der Waals surface area contributed by atoms with Crippen molar-refractivity contribution in [1.82, 2.24) is 9.55 Å². The molecule has 2 heterocycles. The maximum Gasteiger partial charge on any atom is 0.0776 e. The van der Waals surface area contributed by atoms with Crippen molar-refractivity contribution in [1.29, 1.82) is 0 Å². The molecule has 4 heteroatoms. The van der Waals surface area contributed by atoms with E-state index < -0.39 is 16.1 Å². The van der Waals surface area contributed by atoms with E-state index in [1.165, 1.54) is 115 Å². The lowest BCUT2D eigenvalue weighted by atomic mass is 9.62. The Morgan fingerprint density at radius 3 is 1.60 bits per heavy atom. The van der Waals surface area contributed by atoms with E-state index in [0.717, 1.165) is 0 Å². The van der Waals surface area contributed by atoms with Crippen molar-refractivity contribution in [2.24, 2.45) is 0 Å².